The molecule has 1 N–H and O–H groups in total. The zero-order valence-corrected chi connectivity index (χ0v) is 20.4. The summed E-state index contributed by atoms with van der Waals surface area (Å²) < 4.78 is 38.5. The zero-order valence-electron chi connectivity index (χ0n) is 17.2. The third-order valence-electron chi connectivity index (χ3n) is 3.94. The number of sulfone groups is 1. The smallest absolute Gasteiger partial charge is 0.268 e. The number of benzene rings is 2. The minimum Gasteiger partial charge on any atom is -0.490 e. The summed E-state index contributed by atoms with van der Waals surface area (Å²) in [5.41, 5.74) is 0.387. The maximum absolute atomic E-state index is 12.4. The first-order chi connectivity index (χ1) is 15.8. The van der Waals surface area contributed by atoms with Gasteiger partial charge in [0.25, 0.3) is 11.1 Å². The molecule has 3 rings (SSSR count). The predicted octanol–water partition coefficient (Wildman–Crippen LogP) is 3.71. The number of carbonyl (C=O) groups is 1. The van der Waals surface area contributed by atoms with E-state index in [1.54, 1.807) is 18.2 Å². The fraction of sp³-hybridized carbons (Fsp3) is 0.143. The van der Waals surface area contributed by atoms with Crippen molar-refractivity contribution in [3.63, 3.8) is 0 Å². The van der Waals surface area contributed by atoms with Crippen molar-refractivity contribution < 1.29 is 22.7 Å². The molecule has 170 valence electrons. The van der Waals surface area contributed by atoms with Crippen LogP contribution in [-0.2, 0) is 14.6 Å². The van der Waals surface area contributed by atoms with Crippen LogP contribution in [0.15, 0.2) is 63.7 Å². The van der Waals surface area contributed by atoms with E-state index < -0.39 is 15.7 Å². The van der Waals surface area contributed by atoms with E-state index in [0.29, 0.717) is 40.5 Å². The summed E-state index contributed by atoms with van der Waals surface area (Å²) in [7, 11) is -3.59. The van der Waals surface area contributed by atoms with E-state index in [-0.39, 0.29) is 15.9 Å². The van der Waals surface area contributed by atoms with Crippen LogP contribution in [0.1, 0.15) is 5.56 Å². The van der Waals surface area contributed by atoms with Crippen molar-refractivity contribution in [3.05, 3.63) is 64.1 Å². The van der Waals surface area contributed by atoms with E-state index in [4.69, 9.17) is 9.47 Å². The molecule has 33 heavy (non-hydrogen) atoms. The number of nitrogens with zero attached hydrogens (tertiary/aromatic N) is 3. The molecule has 2 aromatic carbocycles. The molecule has 0 fully saturated rings. The summed E-state index contributed by atoms with van der Waals surface area (Å²) in [4.78, 5) is 16.1. The number of nitrogens with one attached hydrogen (secondary N) is 1. The first-order valence-electron chi connectivity index (χ1n) is 9.33. The normalized spacial score (nSPS) is 11.5. The maximum atomic E-state index is 12.4. The monoisotopic (exact) mass is 548 g/mol. The molecule has 1 amide bonds. The molecule has 1 heterocycles. The van der Waals surface area contributed by atoms with Gasteiger partial charge in [0.1, 0.15) is 36.4 Å². The second-order valence-corrected chi connectivity index (χ2v) is 9.99. The number of para-hydroxylation sites is 1. The van der Waals surface area contributed by atoms with E-state index in [2.05, 4.69) is 30.6 Å². The Morgan fingerprint density at radius 1 is 1.21 bits per heavy atom. The number of hydrogen-bond donors (Lipinski definition) is 1. The number of amides is 1. The van der Waals surface area contributed by atoms with Crippen LogP contribution in [0.4, 0.5) is 5.13 Å². The van der Waals surface area contributed by atoms with Crippen molar-refractivity contribution in [3.8, 4) is 17.6 Å². The Labute approximate surface area is 202 Å². The quantitative estimate of drug-likeness (QED) is 0.243. The fourth-order valence-corrected chi connectivity index (χ4v) is 4.39. The van der Waals surface area contributed by atoms with Gasteiger partial charge < -0.3 is 9.47 Å². The summed E-state index contributed by atoms with van der Waals surface area (Å²) in [6.07, 6.45) is 2.35. The molecule has 0 aliphatic carbocycles. The Morgan fingerprint density at radius 2 is 1.94 bits per heavy atom. The van der Waals surface area contributed by atoms with Crippen LogP contribution < -0.4 is 14.8 Å². The minimum atomic E-state index is -3.59. The van der Waals surface area contributed by atoms with Gasteiger partial charge in [0, 0.05) is 17.8 Å². The highest BCUT2D eigenvalue weighted by Crippen LogP contribution is 2.27. The molecule has 0 spiro atoms. The standard InChI is InChI=1S/C21H17BrN4O5S2/c1-33(28,29)21-25-20(32-26-21)24-19(27)15(13-23)11-14-7-8-18(17(22)12-14)31-10-9-30-16-5-3-2-4-6-16/h2-8,11-12H,9-10H2,1H3,(H,24,25,26,27). The van der Waals surface area contributed by atoms with Crippen LogP contribution in [0.25, 0.3) is 6.08 Å². The molecule has 0 aliphatic rings. The number of aromatic nitrogens is 2. The van der Waals surface area contributed by atoms with E-state index in [9.17, 15) is 18.5 Å². The van der Waals surface area contributed by atoms with Crippen molar-refractivity contribution in [1.29, 1.82) is 5.26 Å². The van der Waals surface area contributed by atoms with Crippen molar-refractivity contribution >= 4 is 54.4 Å². The molecule has 3 aromatic rings. The van der Waals surface area contributed by atoms with Gasteiger partial charge in [-0.25, -0.2) is 8.42 Å². The maximum Gasteiger partial charge on any atom is 0.268 e. The van der Waals surface area contributed by atoms with Crippen molar-refractivity contribution in [2.24, 2.45) is 0 Å². The van der Waals surface area contributed by atoms with Gasteiger partial charge in [0.05, 0.1) is 4.47 Å². The van der Waals surface area contributed by atoms with Crippen LogP contribution >= 0.6 is 27.5 Å². The lowest BCUT2D eigenvalue weighted by molar-refractivity contribution is -0.112. The molecule has 0 saturated carbocycles. The summed E-state index contributed by atoms with van der Waals surface area (Å²) in [6.45, 7) is 0.690. The van der Waals surface area contributed by atoms with Gasteiger partial charge in [-0.1, -0.05) is 24.3 Å². The molecule has 1 aromatic heterocycles. The highest BCUT2D eigenvalue weighted by atomic mass is 79.9. The van der Waals surface area contributed by atoms with Gasteiger partial charge in [-0.15, -0.1) is 0 Å². The van der Waals surface area contributed by atoms with Crippen molar-refractivity contribution in [1.82, 2.24) is 9.36 Å². The number of hydrogen-bond acceptors (Lipinski definition) is 9. The number of rotatable bonds is 9. The molecule has 12 heteroatoms. The first-order valence-corrected chi connectivity index (χ1v) is 12.8. The van der Waals surface area contributed by atoms with Crippen LogP contribution in [0.5, 0.6) is 11.5 Å². The van der Waals surface area contributed by atoms with Gasteiger partial charge in [-0.3, -0.25) is 10.1 Å². The first kappa shape index (κ1) is 24.4. The van der Waals surface area contributed by atoms with E-state index in [0.717, 1.165) is 12.0 Å². The average molecular weight is 549 g/mol. The second-order valence-electron chi connectivity index (χ2n) is 6.48. The van der Waals surface area contributed by atoms with Gasteiger partial charge in [-0.2, -0.15) is 14.6 Å². The third-order valence-corrected chi connectivity index (χ3v) is 6.16. The summed E-state index contributed by atoms with van der Waals surface area (Å²) in [5.74, 6) is 0.598. The average Bonchev–Trinajstić information content (AvgIpc) is 3.26. The van der Waals surface area contributed by atoms with Crippen LogP contribution in [-0.4, -0.2) is 43.2 Å². The SMILES string of the molecule is CS(=O)(=O)c1nsc(NC(=O)C(C#N)=Cc2ccc(OCCOc3ccccc3)c(Br)c2)n1. The molecule has 0 saturated heterocycles. The molecule has 0 bridgehead atoms. The zero-order chi connectivity index (χ0) is 23.8. The highest BCUT2D eigenvalue weighted by molar-refractivity contribution is 9.10. The van der Waals surface area contributed by atoms with Crippen LogP contribution in [0.2, 0.25) is 0 Å². The summed E-state index contributed by atoms with van der Waals surface area (Å²) in [6, 6.07) is 16.3. The Balaban J connectivity index is 1.61. The highest BCUT2D eigenvalue weighted by Gasteiger charge is 2.17. The molecule has 0 radical (unpaired) electrons. The number of anilines is 1. The Morgan fingerprint density at radius 3 is 2.58 bits per heavy atom. The van der Waals surface area contributed by atoms with Gasteiger partial charge >= 0.3 is 0 Å². The third kappa shape index (κ3) is 7.11. The number of nitriles is 1. The topological polar surface area (TPSA) is 131 Å². The van der Waals surface area contributed by atoms with Crippen molar-refractivity contribution in [2.75, 3.05) is 24.8 Å². The number of halogens is 1. The number of carbonyl (C=O) groups excluding carboxylic acids is 1. The van der Waals surface area contributed by atoms with Gasteiger partial charge in [-0.05, 0) is 51.8 Å². The van der Waals surface area contributed by atoms with Gasteiger partial charge in [0.15, 0.2) is 0 Å². The minimum absolute atomic E-state index is 0.0239. The summed E-state index contributed by atoms with van der Waals surface area (Å²) >= 11 is 4.12. The Bertz CT molecular complexity index is 1320. The molecular formula is C21H17BrN4O5S2. The molecule has 0 unspecified atom stereocenters. The lowest BCUT2D eigenvalue weighted by atomic mass is 10.1. The van der Waals surface area contributed by atoms with Gasteiger partial charge in [0.2, 0.25) is 15.0 Å². The molecular weight excluding hydrogens is 532 g/mol. The van der Waals surface area contributed by atoms with E-state index in [1.165, 1.54) is 6.08 Å². The Hall–Kier alpha value is -3.27. The lowest BCUT2D eigenvalue weighted by Crippen LogP contribution is -2.13. The molecule has 0 atom stereocenters. The lowest BCUT2D eigenvalue weighted by Gasteiger charge is -2.10. The molecule has 9 nitrogen and oxygen atoms in total. The van der Waals surface area contributed by atoms with Crippen LogP contribution in [0.3, 0.4) is 0 Å². The summed E-state index contributed by atoms with van der Waals surface area (Å²) in [5, 5.41) is 11.3. The van der Waals surface area contributed by atoms with Crippen LogP contribution in [0, 0.1) is 11.3 Å². The number of ether oxygens (including phenoxy) is 2. The largest absolute Gasteiger partial charge is 0.490 e. The second kappa shape index (κ2) is 11.0. The van der Waals surface area contributed by atoms with Crippen molar-refractivity contribution in [2.45, 2.75) is 5.16 Å². The fourth-order valence-electron chi connectivity index (χ4n) is 2.44. The molecule has 0 aliphatic heterocycles. The predicted molar refractivity (Wildman–Crippen MR) is 127 cm³/mol. The van der Waals surface area contributed by atoms with E-state index in [1.807, 2.05) is 36.4 Å². The Kier molecular flexibility index (Phi) is 8.16. The van der Waals surface area contributed by atoms with E-state index >= 15 is 0 Å².